The van der Waals surface area contributed by atoms with E-state index in [4.69, 9.17) is 0 Å². The van der Waals surface area contributed by atoms with Crippen molar-refractivity contribution in [2.45, 2.75) is 52.5 Å². The smallest absolute Gasteiger partial charge is 0.257 e. The van der Waals surface area contributed by atoms with Gasteiger partial charge in [-0.15, -0.1) is 0 Å². The van der Waals surface area contributed by atoms with Crippen molar-refractivity contribution in [3.63, 3.8) is 0 Å². The number of fused-ring (bicyclic) bond motifs is 3. The Labute approximate surface area is 148 Å². The van der Waals surface area contributed by atoms with Crippen molar-refractivity contribution >= 4 is 17.6 Å². The predicted molar refractivity (Wildman–Crippen MR) is 95.7 cm³/mol. The Morgan fingerprint density at radius 1 is 1.16 bits per heavy atom. The number of amides is 2. The molecule has 2 fully saturated rings. The zero-order valence-corrected chi connectivity index (χ0v) is 15.1. The largest absolute Gasteiger partial charge is 0.300 e. The number of carbonyl (C=O) groups is 3. The number of hydrogen-bond acceptors (Lipinski definition) is 3. The van der Waals surface area contributed by atoms with E-state index in [1.807, 2.05) is 31.2 Å². The second-order valence-corrected chi connectivity index (χ2v) is 7.13. The fourth-order valence-corrected chi connectivity index (χ4v) is 4.09. The van der Waals surface area contributed by atoms with E-state index in [2.05, 4.69) is 6.07 Å². The summed E-state index contributed by atoms with van der Waals surface area (Å²) in [5.41, 5.74) is 3.17. The van der Waals surface area contributed by atoms with Crippen LogP contribution in [0.25, 0.3) is 0 Å². The lowest BCUT2D eigenvalue weighted by Crippen LogP contribution is -2.32. The van der Waals surface area contributed by atoms with E-state index in [1.165, 1.54) is 23.8 Å². The molecule has 1 aromatic rings. The van der Waals surface area contributed by atoms with E-state index in [1.54, 1.807) is 6.92 Å². The van der Waals surface area contributed by atoms with Gasteiger partial charge in [-0.05, 0) is 44.2 Å². The van der Waals surface area contributed by atoms with Crippen LogP contribution in [-0.4, -0.2) is 22.5 Å². The Morgan fingerprint density at radius 2 is 1.84 bits per heavy atom. The van der Waals surface area contributed by atoms with Gasteiger partial charge in [0.25, 0.3) is 5.91 Å². The summed E-state index contributed by atoms with van der Waals surface area (Å²) < 4.78 is 0. The third-order valence-corrected chi connectivity index (χ3v) is 5.67. The van der Waals surface area contributed by atoms with Crippen LogP contribution in [0.3, 0.4) is 0 Å². The molecule has 2 atom stereocenters. The van der Waals surface area contributed by atoms with Crippen molar-refractivity contribution < 1.29 is 14.4 Å². The number of hydrogen-bond donors (Lipinski definition) is 0. The molecule has 0 N–H and O–H groups in total. The topological polar surface area (TPSA) is 54.5 Å². The van der Waals surface area contributed by atoms with Gasteiger partial charge >= 0.3 is 0 Å². The van der Waals surface area contributed by atoms with Gasteiger partial charge in [0, 0.05) is 24.3 Å². The summed E-state index contributed by atoms with van der Waals surface area (Å²) in [5.74, 6) is 0.688. The number of Topliss-reactive ketones (excluding diaryl/α,β-unsaturated/α-hetero) is 1. The molecule has 4 heteroatoms. The van der Waals surface area contributed by atoms with Crippen LogP contribution in [0.2, 0.25) is 0 Å². The molecule has 132 valence electrons. The minimum atomic E-state index is -0.163. The molecule has 2 amide bonds. The third kappa shape index (κ3) is 3.06. The van der Waals surface area contributed by atoms with Crippen LogP contribution >= 0.6 is 0 Å². The normalized spacial score (nSPS) is 25.8. The highest BCUT2D eigenvalue weighted by Crippen LogP contribution is 2.49. The molecule has 1 saturated heterocycles. The third-order valence-electron chi connectivity index (χ3n) is 5.67. The fourth-order valence-electron chi connectivity index (χ4n) is 4.09. The molecule has 2 aliphatic carbocycles. The van der Waals surface area contributed by atoms with Crippen molar-refractivity contribution in [1.82, 2.24) is 4.90 Å². The lowest BCUT2D eigenvalue weighted by Gasteiger charge is -2.21. The Hall–Kier alpha value is -2.23. The highest BCUT2D eigenvalue weighted by atomic mass is 16.2. The molecule has 1 heterocycles. The first kappa shape index (κ1) is 17.6. The van der Waals surface area contributed by atoms with Gasteiger partial charge in [-0.1, -0.05) is 36.8 Å². The molecule has 4 rings (SSSR count). The molecule has 3 aliphatic rings. The fraction of sp³-hybridized carbons (Fsp3) is 0.476. The molecule has 4 nitrogen and oxygen atoms in total. The van der Waals surface area contributed by atoms with Gasteiger partial charge in [-0.3, -0.25) is 19.3 Å². The summed E-state index contributed by atoms with van der Waals surface area (Å²) in [5, 5.41) is 0. The summed E-state index contributed by atoms with van der Waals surface area (Å²) in [6, 6.07) is 8.01. The zero-order valence-electron chi connectivity index (χ0n) is 15.1. The summed E-state index contributed by atoms with van der Waals surface area (Å²) in [4.78, 5) is 35.8. The average molecular weight is 339 g/mol. The van der Waals surface area contributed by atoms with Crippen LogP contribution in [0.15, 0.2) is 35.9 Å². The Morgan fingerprint density at radius 3 is 2.32 bits per heavy atom. The van der Waals surface area contributed by atoms with Crippen molar-refractivity contribution in [1.29, 1.82) is 0 Å². The number of imide groups is 1. The van der Waals surface area contributed by atoms with Crippen LogP contribution in [0.1, 0.15) is 57.2 Å². The van der Waals surface area contributed by atoms with Crippen molar-refractivity contribution in [3.8, 4) is 0 Å². The van der Waals surface area contributed by atoms with Crippen LogP contribution in [-0.2, 0) is 20.8 Å². The molecule has 25 heavy (non-hydrogen) atoms. The standard InChI is InChI=1S/C15H15NO2.C6H10O/c1-3-11-13-8-10-6-4-5-7-12(10)14(13)16(9(2)17)15(11)18;1-5(7)6-3-2-4-6/h3-7,13-14H,8H2,1-2H3;6H,2-4H2,1H3/b11-3-;. The van der Waals surface area contributed by atoms with Crippen LogP contribution in [0.5, 0.6) is 0 Å². The number of allylic oxidation sites excluding steroid dienone is 1. The van der Waals surface area contributed by atoms with Crippen LogP contribution in [0.4, 0.5) is 0 Å². The Balaban J connectivity index is 0.000000219. The summed E-state index contributed by atoms with van der Waals surface area (Å²) in [7, 11) is 0. The summed E-state index contributed by atoms with van der Waals surface area (Å²) in [6.45, 7) is 5.02. The average Bonchev–Trinajstić information content (AvgIpc) is 2.98. The van der Waals surface area contributed by atoms with Gasteiger partial charge < -0.3 is 0 Å². The first-order valence-corrected chi connectivity index (χ1v) is 9.04. The maximum absolute atomic E-state index is 12.2. The van der Waals surface area contributed by atoms with E-state index >= 15 is 0 Å². The molecule has 1 aliphatic heterocycles. The van der Waals surface area contributed by atoms with E-state index in [9.17, 15) is 14.4 Å². The molecule has 0 spiro atoms. The summed E-state index contributed by atoms with van der Waals surface area (Å²) in [6.07, 6.45) is 6.28. The van der Waals surface area contributed by atoms with Gasteiger partial charge in [-0.2, -0.15) is 0 Å². The van der Waals surface area contributed by atoms with E-state index in [-0.39, 0.29) is 23.8 Å². The van der Waals surface area contributed by atoms with Gasteiger partial charge in [0.05, 0.1) is 6.04 Å². The van der Waals surface area contributed by atoms with Gasteiger partial charge in [-0.25, -0.2) is 0 Å². The maximum atomic E-state index is 12.2. The Kier molecular flexibility index (Phi) is 4.89. The number of ketones is 1. The first-order valence-electron chi connectivity index (χ1n) is 9.04. The molecule has 0 radical (unpaired) electrons. The summed E-state index contributed by atoms with van der Waals surface area (Å²) >= 11 is 0. The monoisotopic (exact) mass is 339 g/mol. The van der Waals surface area contributed by atoms with E-state index in [0.29, 0.717) is 11.7 Å². The number of likely N-dealkylation sites (tertiary alicyclic amines) is 1. The van der Waals surface area contributed by atoms with E-state index in [0.717, 1.165) is 30.4 Å². The quantitative estimate of drug-likeness (QED) is 0.735. The second kappa shape index (κ2) is 6.95. The van der Waals surface area contributed by atoms with Crippen molar-refractivity contribution in [2.75, 3.05) is 0 Å². The SMILES string of the molecule is C/C=C1\C(=O)N(C(C)=O)C2c3ccccc3CC12.CC(=O)C1CCC1. The van der Waals surface area contributed by atoms with Crippen molar-refractivity contribution in [3.05, 3.63) is 47.0 Å². The number of nitrogens with zero attached hydrogens (tertiary/aromatic N) is 1. The molecular formula is C21H25NO3. The van der Waals surface area contributed by atoms with Crippen LogP contribution in [0, 0.1) is 11.8 Å². The first-order chi connectivity index (χ1) is 12.0. The zero-order chi connectivity index (χ0) is 18.1. The van der Waals surface area contributed by atoms with Crippen molar-refractivity contribution in [2.24, 2.45) is 11.8 Å². The second-order valence-electron chi connectivity index (χ2n) is 7.13. The molecular weight excluding hydrogens is 314 g/mol. The minimum absolute atomic E-state index is 0.0857. The Bertz CT molecular complexity index is 745. The maximum Gasteiger partial charge on any atom is 0.257 e. The van der Waals surface area contributed by atoms with Gasteiger partial charge in [0.1, 0.15) is 5.78 Å². The molecule has 1 aromatic carbocycles. The molecule has 0 aromatic heterocycles. The lowest BCUT2D eigenvalue weighted by atomic mass is 9.83. The van der Waals surface area contributed by atoms with Crippen LogP contribution < -0.4 is 0 Å². The van der Waals surface area contributed by atoms with E-state index < -0.39 is 0 Å². The van der Waals surface area contributed by atoms with Gasteiger partial charge in [0.2, 0.25) is 5.91 Å². The number of carbonyl (C=O) groups excluding carboxylic acids is 3. The molecule has 0 bridgehead atoms. The molecule has 2 unspecified atom stereocenters. The lowest BCUT2D eigenvalue weighted by molar-refractivity contribution is -0.141. The number of benzene rings is 1. The van der Waals surface area contributed by atoms with Gasteiger partial charge in [0.15, 0.2) is 0 Å². The highest BCUT2D eigenvalue weighted by Gasteiger charge is 2.50. The predicted octanol–water partition coefficient (Wildman–Crippen LogP) is 3.61. The minimum Gasteiger partial charge on any atom is -0.300 e. The number of rotatable bonds is 1. The molecule has 1 saturated carbocycles. The highest BCUT2D eigenvalue weighted by molar-refractivity contribution is 6.07.